The third-order valence-corrected chi connectivity index (χ3v) is 3.26. The molecule has 3 heteroatoms. The van der Waals surface area contributed by atoms with Crippen molar-refractivity contribution >= 4 is 22.6 Å². The smallest absolute Gasteiger partial charge is 0.0230 e. The van der Waals surface area contributed by atoms with Gasteiger partial charge in [0.2, 0.25) is 0 Å². The molecular formula is C13H21IN2. The molecule has 1 N–H and O–H groups in total. The van der Waals surface area contributed by atoms with Crippen molar-refractivity contribution in [3.63, 3.8) is 0 Å². The third-order valence-electron chi connectivity index (χ3n) is 2.54. The molecule has 0 aliphatic carbocycles. The summed E-state index contributed by atoms with van der Waals surface area (Å²) >= 11 is 2.34. The number of rotatable bonds is 6. The van der Waals surface area contributed by atoms with Crippen LogP contribution in [-0.2, 0) is 6.54 Å². The highest BCUT2D eigenvalue weighted by Crippen LogP contribution is 2.09. The molecule has 0 aliphatic heterocycles. The molecule has 1 unspecified atom stereocenters. The van der Waals surface area contributed by atoms with Gasteiger partial charge in [0, 0.05) is 16.7 Å². The van der Waals surface area contributed by atoms with Crippen LogP contribution in [0.25, 0.3) is 0 Å². The Morgan fingerprint density at radius 3 is 2.50 bits per heavy atom. The Hall–Kier alpha value is -0.130. The van der Waals surface area contributed by atoms with Crippen LogP contribution in [0.4, 0.5) is 0 Å². The summed E-state index contributed by atoms with van der Waals surface area (Å²) in [6.45, 7) is 5.52. The summed E-state index contributed by atoms with van der Waals surface area (Å²) in [4.78, 5) is 2.38. The fourth-order valence-electron chi connectivity index (χ4n) is 1.91. The van der Waals surface area contributed by atoms with Crippen molar-refractivity contribution in [2.45, 2.75) is 13.5 Å². The largest absolute Gasteiger partial charge is 0.319 e. The molecule has 90 valence electrons. The van der Waals surface area contributed by atoms with Crippen molar-refractivity contribution in [2.75, 3.05) is 27.2 Å². The van der Waals surface area contributed by atoms with Gasteiger partial charge < -0.3 is 10.2 Å². The highest BCUT2D eigenvalue weighted by Gasteiger charge is 2.05. The second-order valence-electron chi connectivity index (χ2n) is 4.49. The Balaban J connectivity index is 2.39. The monoisotopic (exact) mass is 332 g/mol. The van der Waals surface area contributed by atoms with E-state index >= 15 is 0 Å². The molecule has 2 nitrogen and oxygen atoms in total. The zero-order valence-electron chi connectivity index (χ0n) is 10.3. The van der Waals surface area contributed by atoms with Gasteiger partial charge in [-0.25, -0.2) is 0 Å². The molecule has 0 fully saturated rings. The van der Waals surface area contributed by atoms with Crippen LogP contribution in [0.15, 0.2) is 24.3 Å². The molecule has 0 saturated heterocycles. The van der Waals surface area contributed by atoms with E-state index in [0.717, 1.165) is 19.6 Å². The Bertz CT molecular complexity index is 297. The maximum atomic E-state index is 3.22. The van der Waals surface area contributed by atoms with E-state index in [4.69, 9.17) is 0 Å². The van der Waals surface area contributed by atoms with Crippen LogP contribution >= 0.6 is 22.6 Å². The molecule has 0 radical (unpaired) electrons. The van der Waals surface area contributed by atoms with Crippen LogP contribution in [0.2, 0.25) is 0 Å². The number of nitrogens with zero attached hydrogens (tertiary/aromatic N) is 1. The van der Waals surface area contributed by atoms with Gasteiger partial charge in [0.1, 0.15) is 0 Å². The fraction of sp³-hybridized carbons (Fsp3) is 0.538. The van der Waals surface area contributed by atoms with Gasteiger partial charge in [-0.3, -0.25) is 0 Å². The Kier molecular flexibility index (Phi) is 6.31. The van der Waals surface area contributed by atoms with Gasteiger partial charge in [-0.15, -0.1) is 0 Å². The molecule has 0 spiro atoms. The SMILES string of the molecule is CNCC(C)CN(C)Cc1ccc(I)cc1. The van der Waals surface area contributed by atoms with Gasteiger partial charge in [-0.2, -0.15) is 0 Å². The highest BCUT2D eigenvalue weighted by molar-refractivity contribution is 14.1. The fourth-order valence-corrected chi connectivity index (χ4v) is 2.27. The third kappa shape index (κ3) is 5.27. The highest BCUT2D eigenvalue weighted by atomic mass is 127. The van der Waals surface area contributed by atoms with Crippen molar-refractivity contribution in [2.24, 2.45) is 5.92 Å². The molecule has 16 heavy (non-hydrogen) atoms. The van der Waals surface area contributed by atoms with Crippen LogP contribution in [0.1, 0.15) is 12.5 Å². The summed E-state index contributed by atoms with van der Waals surface area (Å²) in [5.41, 5.74) is 1.39. The maximum absolute atomic E-state index is 3.22. The van der Waals surface area contributed by atoms with Crippen LogP contribution in [-0.4, -0.2) is 32.1 Å². The molecular weight excluding hydrogens is 311 g/mol. The number of nitrogens with one attached hydrogen (secondary N) is 1. The van der Waals surface area contributed by atoms with E-state index in [2.05, 4.69) is 71.0 Å². The van der Waals surface area contributed by atoms with Gasteiger partial charge >= 0.3 is 0 Å². The number of hydrogen-bond acceptors (Lipinski definition) is 2. The van der Waals surface area contributed by atoms with Crippen LogP contribution in [0.3, 0.4) is 0 Å². The summed E-state index contributed by atoms with van der Waals surface area (Å²) in [7, 11) is 4.19. The van der Waals surface area contributed by atoms with Crippen LogP contribution < -0.4 is 5.32 Å². The molecule has 0 amide bonds. The van der Waals surface area contributed by atoms with Crippen molar-refractivity contribution in [3.05, 3.63) is 33.4 Å². The molecule has 0 aromatic heterocycles. The Morgan fingerprint density at radius 1 is 1.31 bits per heavy atom. The van der Waals surface area contributed by atoms with Gasteiger partial charge in [-0.05, 0) is 66.8 Å². The van der Waals surface area contributed by atoms with Gasteiger partial charge in [0.15, 0.2) is 0 Å². The summed E-state index contributed by atoms with van der Waals surface area (Å²) < 4.78 is 1.30. The first-order chi connectivity index (χ1) is 7.61. The number of hydrogen-bond donors (Lipinski definition) is 1. The second kappa shape index (κ2) is 7.25. The van der Waals surface area contributed by atoms with Gasteiger partial charge in [0.05, 0.1) is 0 Å². The molecule has 0 heterocycles. The molecule has 0 aliphatic rings. The van der Waals surface area contributed by atoms with Gasteiger partial charge in [0.25, 0.3) is 0 Å². The number of benzene rings is 1. The molecule has 1 aromatic rings. The lowest BCUT2D eigenvalue weighted by atomic mass is 10.1. The molecule has 1 atom stereocenters. The lowest BCUT2D eigenvalue weighted by Crippen LogP contribution is -2.29. The van der Waals surface area contributed by atoms with E-state index in [9.17, 15) is 0 Å². The lowest BCUT2D eigenvalue weighted by Gasteiger charge is -2.21. The summed E-state index contributed by atoms with van der Waals surface area (Å²) in [5.74, 6) is 0.693. The van der Waals surface area contributed by atoms with Crippen molar-refractivity contribution in [1.82, 2.24) is 10.2 Å². The first-order valence-corrected chi connectivity index (χ1v) is 6.77. The summed E-state index contributed by atoms with van der Waals surface area (Å²) in [6.07, 6.45) is 0. The van der Waals surface area contributed by atoms with E-state index in [-0.39, 0.29) is 0 Å². The summed E-state index contributed by atoms with van der Waals surface area (Å²) in [6, 6.07) is 8.75. The number of halogens is 1. The van der Waals surface area contributed by atoms with Crippen molar-refractivity contribution in [1.29, 1.82) is 0 Å². The zero-order chi connectivity index (χ0) is 12.0. The zero-order valence-corrected chi connectivity index (χ0v) is 12.5. The first kappa shape index (κ1) is 13.9. The standard InChI is InChI=1S/C13H21IN2/c1-11(8-15-2)9-16(3)10-12-4-6-13(14)7-5-12/h4-7,11,15H,8-10H2,1-3H3. The first-order valence-electron chi connectivity index (χ1n) is 5.69. The quantitative estimate of drug-likeness (QED) is 0.806. The predicted molar refractivity (Wildman–Crippen MR) is 78.6 cm³/mol. The maximum Gasteiger partial charge on any atom is 0.0230 e. The van der Waals surface area contributed by atoms with Gasteiger partial charge in [-0.1, -0.05) is 19.1 Å². The molecule has 1 aromatic carbocycles. The Labute approximate surface area is 113 Å². The summed E-state index contributed by atoms with van der Waals surface area (Å²) in [5, 5.41) is 3.22. The van der Waals surface area contributed by atoms with Crippen molar-refractivity contribution < 1.29 is 0 Å². The molecule has 0 saturated carbocycles. The second-order valence-corrected chi connectivity index (χ2v) is 5.73. The van der Waals surface area contributed by atoms with E-state index < -0.39 is 0 Å². The average molecular weight is 332 g/mol. The average Bonchev–Trinajstić information content (AvgIpc) is 2.21. The minimum absolute atomic E-state index is 0.693. The molecule has 1 rings (SSSR count). The normalized spacial score (nSPS) is 13.1. The predicted octanol–water partition coefficient (Wildman–Crippen LogP) is 2.58. The Morgan fingerprint density at radius 2 is 1.94 bits per heavy atom. The minimum atomic E-state index is 0.693. The van der Waals surface area contributed by atoms with E-state index in [0.29, 0.717) is 5.92 Å². The van der Waals surface area contributed by atoms with Crippen LogP contribution in [0, 0.1) is 9.49 Å². The molecule has 0 bridgehead atoms. The topological polar surface area (TPSA) is 15.3 Å². The van der Waals surface area contributed by atoms with Crippen molar-refractivity contribution in [3.8, 4) is 0 Å². The van der Waals surface area contributed by atoms with E-state index in [1.807, 2.05) is 7.05 Å². The van der Waals surface area contributed by atoms with E-state index in [1.54, 1.807) is 0 Å². The minimum Gasteiger partial charge on any atom is -0.319 e. The van der Waals surface area contributed by atoms with E-state index in [1.165, 1.54) is 9.13 Å². The van der Waals surface area contributed by atoms with Crippen LogP contribution in [0.5, 0.6) is 0 Å². The lowest BCUT2D eigenvalue weighted by molar-refractivity contribution is 0.276.